The number of nitrogens with zero attached hydrogens (tertiary/aromatic N) is 2. The number of hydrogen-bond acceptors (Lipinski definition) is 8. The fourth-order valence-corrected chi connectivity index (χ4v) is 6.23. The summed E-state index contributed by atoms with van der Waals surface area (Å²) in [6, 6.07) is 5.37. The van der Waals surface area contributed by atoms with Crippen LogP contribution in [0.5, 0.6) is 0 Å². The van der Waals surface area contributed by atoms with Crippen molar-refractivity contribution < 1.29 is 8.42 Å². The van der Waals surface area contributed by atoms with Crippen molar-refractivity contribution >= 4 is 32.9 Å². The standard InChI is InChI=1S/C21H34N4O2S3/c1-28-21-24-16-12-18(25-21)19-10-11-20(29-19)30(26,27)17-8-6-4-2-3-5-7-14-23-15-9-13-22/h10-12,16,23H,2-9,13-15,17,22H2,1H3. The van der Waals surface area contributed by atoms with Crippen LogP contribution < -0.4 is 11.1 Å². The van der Waals surface area contributed by atoms with E-state index in [0.717, 1.165) is 55.9 Å². The lowest BCUT2D eigenvalue weighted by molar-refractivity contribution is 0.555. The maximum Gasteiger partial charge on any atom is 0.187 e. The maximum absolute atomic E-state index is 12.6. The van der Waals surface area contributed by atoms with E-state index in [-0.39, 0.29) is 5.75 Å². The monoisotopic (exact) mass is 470 g/mol. The lowest BCUT2D eigenvalue weighted by Crippen LogP contribution is -2.19. The Bertz CT molecular complexity index is 840. The Labute approximate surface area is 189 Å². The number of hydrogen-bond donors (Lipinski definition) is 2. The lowest BCUT2D eigenvalue weighted by atomic mass is 10.1. The van der Waals surface area contributed by atoms with Crippen LogP contribution in [0.2, 0.25) is 0 Å². The van der Waals surface area contributed by atoms with Crippen molar-refractivity contribution in [3.8, 4) is 10.6 Å². The van der Waals surface area contributed by atoms with Crippen molar-refractivity contribution in [2.24, 2.45) is 5.73 Å². The minimum atomic E-state index is -3.22. The molecule has 6 nitrogen and oxygen atoms in total. The summed E-state index contributed by atoms with van der Waals surface area (Å²) in [6.45, 7) is 2.82. The lowest BCUT2D eigenvalue weighted by Gasteiger charge is -2.04. The molecule has 0 aliphatic heterocycles. The highest BCUT2D eigenvalue weighted by Crippen LogP contribution is 2.31. The van der Waals surface area contributed by atoms with E-state index < -0.39 is 9.84 Å². The second-order valence-electron chi connectivity index (χ2n) is 7.23. The van der Waals surface area contributed by atoms with Gasteiger partial charge in [-0.15, -0.1) is 11.3 Å². The summed E-state index contributed by atoms with van der Waals surface area (Å²) in [4.78, 5) is 9.48. The Kier molecular flexibility index (Phi) is 11.9. The van der Waals surface area contributed by atoms with Gasteiger partial charge < -0.3 is 11.1 Å². The molecule has 3 N–H and O–H groups in total. The van der Waals surface area contributed by atoms with Crippen LogP contribution in [-0.4, -0.2) is 50.0 Å². The van der Waals surface area contributed by atoms with Crippen molar-refractivity contribution in [2.45, 2.75) is 60.7 Å². The zero-order chi connectivity index (χ0) is 21.7. The van der Waals surface area contributed by atoms with Gasteiger partial charge in [-0.1, -0.05) is 43.9 Å². The first-order valence-corrected chi connectivity index (χ1v) is 14.4. The highest BCUT2D eigenvalue weighted by Gasteiger charge is 2.17. The van der Waals surface area contributed by atoms with Gasteiger partial charge >= 0.3 is 0 Å². The molecule has 9 heteroatoms. The number of aromatic nitrogens is 2. The molecule has 0 aliphatic carbocycles. The molecular weight excluding hydrogens is 436 g/mol. The zero-order valence-corrected chi connectivity index (χ0v) is 20.3. The predicted molar refractivity (Wildman–Crippen MR) is 128 cm³/mol. The SMILES string of the molecule is CSc1nccc(-c2ccc(S(=O)(=O)CCCCCCCCCNCCCN)s2)n1. The Morgan fingerprint density at radius 2 is 1.70 bits per heavy atom. The molecule has 2 aromatic rings. The average Bonchev–Trinajstić information content (AvgIpc) is 3.26. The van der Waals surface area contributed by atoms with Crippen molar-refractivity contribution in [3.63, 3.8) is 0 Å². The largest absolute Gasteiger partial charge is 0.330 e. The number of nitrogens with one attached hydrogen (secondary N) is 1. The van der Waals surface area contributed by atoms with E-state index in [9.17, 15) is 8.42 Å². The third kappa shape index (κ3) is 9.01. The summed E-state index contributed by atoms with van der Waals surface area (Å²) in [5.74, 6) is 0.220. The molecule has 0 unspecified atom stereocenters. The molecule has 168 valence electrons. The van der Waals surface area contributed by atoms with Gasteiger partial charge in [-0.25, -0.2) is 18.4 Å². The van der Waals surface area contributed by atoms with Crippen LogP contribution in [0.1, 0.15) is 51.4 Å². The fourth-order valence-electron chi connectivity index (χ4n) is 3.08. The van der Waals surface area contributed by atoms with Crippen molar-refractivity contribution in [2.75, 3.05) is 31.6 Å². The van der Waals surface area contributed by atoms with Crippen LogP contribution in [0.15, 0.2) is 33.8 Å². The van der Waals surface area contributed by atoms with Crippen LogP contribution >= 0.6 is 23.1 Å². The molecule has 0 spiro atoms. The van der Waals surface area contributed by atoms with E-state index in [0.29, 0.717) is 9.37 Å². The van der Waals surface area contributed by atoms with Gasteiger partial charge in [0.1, 0.15) is 4.21 Å². The molecule has 0 fully saturated rings. The van der Waals surface area contributed by atoms with Gasteiger partial charge in [0.25, 0.3) is 0 Å². The minimum Gasteiger partial charge on any atom is -0.330 e. The van der Waals surface area contributed by atoms with Gasteiger partial charge in [-0.2, -0.15) is 0 Å². The molecule has 0 saturated carbocycles. The van der Waals surface area contributed by atoms with Gasteiger partial charge in [0.2, 0.25) is 0 Å². The number of sulfone groups is 1. The summed E-state index contributed by atoms with van der Waals surface area (Å²) in [6.07, 6.45) is 12.3. The Hall–Kier alpha value is -1.00. The molecule has 0 aromatic carbocycles. The summed E-state index contributed by atoms with van der Waals surface area (Å²) >= 11 is 2.77. The highest BCUT2D eigenvalue weighted by molar-refractivity contribution is 7.98. The molecule has 0 aliphatic rings. The van der Waals surface area contributed by atoms with Gasteiger partial charge in [0.15, 0.2) is 15.0 Å². The molecule has 30 heavy (non-hydrogen) atoms. The third-order valence-corrected chi connectivity index (χ3v) is 8.83. The number of thioether (sulfide) groups is 1. The Morgan fingerprint density at radius 1 is 1.00 bits per heavy atom. The van der Waals surface area contributed by atoms with E-state index >= 15 is 0 Å². The quantitative estimate of drug-likeness (QED) is 0.213. The average molecular weight is 471 g/mol. The van der Waals surface area contributed by atoms with E-state index in [1.54, 1.807) is 12.3 Å². The zero-order valence-electron chi connectivity index (χ0n) is 17.8. The second-order valence-corrected chi connectivity index (χ2v) is 11.4. The molecular formula is C21H34N4O2S3. The van der Waals surface area contributed by atoms with E-state index in [2.05, 4.69) is 15.3 Å². The van der Waals surface area contributed by atoms with Crippen LogP contribution in [0.25, 0.3) is 10.6 Å². The number of thiophene rings is 1. The summed E-state index contributed by atoms with van der Waals surface area (Å²) in [5.41, 5.74) is 6.23. The molecule has 2 heterocycles. The minimum absolute atomic E-state index is 0.220. The maximum atomic E-state index is 12.6. The smallest absolute Gasteiger partial charge is 0.187 e. The molecule has 2 aromatic heterocycles. The molecule has 0 radical (unpaired) electrons. The van der Waals surface area contributed by atoms with Crippen LogP contribution in [0, 0.1) is 0 Å². The molecule has 0 atom stereocenters. The number of nitrogens with two attached hydrogens (primary N) is 1. The molecule has 0 bridgehead atoms. The van der Waals surface area contributed by atoms with Crippen LogP contribution in [0.4, 0.5) is 0 Å². The number of rotatable bonds is 16. The van der Waals surface area contributed by atoms with E-state index in [4.69, 9.17) is 5.73 Å². The van der Waals surface area contributed by atoms with E-state index in [1.165, 1.54) is 48.8 Å². The van der Waals surface area contributed by atoms with Crippen LogP contribution in [-0.2, 0) is 9.84 Å². The topological polar surface area (TPSA) is 98.0 Å². The Balaban J connectivity index is 1.64. The van der Waals surface area contributed by atoms with Crippen molar-refractivity contribution in [1.82, 2.24) is 15.3 Å². The van der Waals surface area contributed by atoms with Gasteiger partial charge in [-0.3, -0.25) is 0 Å². The van der Waals surface area contributed by atoms with Crippen molar-refractivity contribution in [3.05, 3.63) is 24.4 Å². The second kappa shape index (κ2) is 14.1. The van der Waals surface area contributed by atoms with Gasteiger partial charge in [0.05, 0.1) is 16.3 Å². The van der Waals surface area contributed by atoms with Crippen LogP contribution in [0.3, 0.4) is 0 Å². The molecule has 0 saturated heterocycles. The van der Waals surface area contributed by atoms with Gasteiger partial charge in [-0.05, 0) is 63.4 Å². The first-order chi connectivity index (χ1) is 14.6. The predicted octanol–water partition coefficient (Wildman–Crippen LogP) is 4.37. The highest BCUT2D eigenvalue weighted by atomic mass is 32.2. The summed E-state index contributed by atoms with van der Waals surface area (Å²) < 4.78 is 25.7. The summed E-state index contributed by atoms with van der Waals surface area (Å²) in [7, 11) is -3.22. The fraction of sp³-hybridized carbons (Fsp3) is 0.619. The van der Waals surface area contributed by atoms with E-state index in [1.807, 2.05) is 18.4 Å². The normalized spacial score (nSPS) is 11.8. The van der Waals surface area contributed by atoms with Crippen molar-refractivity contribution in [1.29, 1.82) is 0 Å². The first-order valence-electron chi connectivity index (χ1n) is 10.7. The number of unbranched alkanes of at least 4 members (excludes halogenated alkanes) is 6. The molecule has 0 amide bonds. The third-order valence-electron chi connectivity index (χ3n) is 4.78. The Morgan fingerprint density at radius 3 is 2.43 bits per heavy atom. The summed E-state index contributed by atoms with van der Waals surface area (Å²) in [5, 5.41) is 4.08. The molecule has 2 rings (SSSR count). The first kappa shape index (κ1) is 25.3. The van der Waals surface area contributed by atoms with Gasteiger partial charge in [0, 0.05) is 6.20 Å².